The Morgan fingerprint density at radius 1 is 0.900 bits per heavy atom. The van der Waals surface area contributed by atoms with Gasteiger partial charge >= 0.3 is 5.97 Å². The molecule has 0 aliphatic heterocycles. The van der Waals surface area contributed by atoms with Gasteiger partial charge in [0.05, 0.1) is 18.7 Å². The van der Waals surface area contributed by atoms with Crippen LogP contribution in [0.5, 0.6) is 0 Å². The van der Waals surface area contributed by atoms with Gasteiger partial charge in [-0.05, 0) is 36.2 Å². The number of nitrogens with zero attached hydrogens (tertiary/aromatic N) is 1. The summed E-state index contributed by atoms with van der Waals surface area (Å²) in [5.74, 6) is -1.58. The minimum Gasteiger partial charge on any atom is -0.463 e. The van der Waals surface area contributed by atoms with E-state index < -0.39 is 11.8 Å². The van der Waals surface area contributed by atoms with Gasteiger partial charge in [0, 0.05) is 21.6 Å². The van der Waals surface area contributed by atoms with Crippen LogP contribution in [0.25, 0.3) is 10.9 Å². The van der Waals surface area contributed by atoms with Crippen LogP contribution in [0, 0.1) is 6.92 Å². The van der Waals surface area contributed by atoms with E-state index in [1.165, 1.54) is 7.11 Å². The van der Waals surface area contributed by atoms with E-state index in [0.717, 1.165) is 16.6 Å². The van der Waals surface area contributed by atoms with Crippen molar-refractivity contribution >= 4 is 34.3 Å². The van der Waals surface area contributed by atoms with Gasteiger partial charge in [-0.1, -0.05) is 72.3 Å². The number of carbonyl (C=O) groups is 2. The molecule has 0 fully saturated rings. The largest absolute Gasteiger partial charge is 0.463 e. The minimum absolute atomic E-state index is 0.185. The van der Waals surface area contributed by atoms with Gasteiger partial charge < -0.3 is 9.30 Å². The first-order valence-corrected chi connectivity index (χ1v) is 9.93. The molecule has 0 aliphatic rings. The van der Waals surface area contributed by atoms with Gasteiger partial charge in [0.1, 0.15) is 0 Å². The molecule has 0 N–H and O–H groups in total. The van der Waals surface area contributed by atoms with Crippen molar-refractivity contribution in [2.24, 2.45) is 0 Å². The van der Waals surface area contributed by atoms with E-state index in [9.17, 15) is 9.59 Å². The zero-order valence-corrected chi connectivity index (χ0v) is 17.4. The van der Waals surface area contributed by atoms with E-state index in [1.807, 2.05) is 49.4 Å². The molecule has 0 saturated carbocycles. The van der Waals surface area contributed by atoms with Gasteiger partial charge in [-0.3, -0.25) is 4.79 Å². The van der Waals surface area contributed by atoms with Crippen LogP contribution in [-0.2, 0) is 9.53 Å². The quantitative estimate of drug-likeness (QED) is 0.241. The van der Waals surface area contributed by atoms with Gasteiger partial charge in [0.25, 0.3) is 5.78 Å². The lowest BCUT2D eigenvalue weighted by Gasteiger charge is -2.23. The van der Waals surface area contributed by atoms with Crippen LogP contribution in [-0.4, -0.2) is 23.4 Å². The molecular formula is C25H20ClNO3. The predicted octanol–water partition coefficient (Wildman–Crippen LogP) is 5.60. The van der Waals surface area contributed by atoms with Crippen LogP contribution in [0.2, 0.25) is 5.02 Å². The molecule has 4 rings (SSSR count). The minimum atomic E-state index is -0.895. The van der Waals surface area contributed by atoms with Crippen molar-refractivity contribution in [3.63, 3.8) is 0 Å². The highest BCUT2D eigenvalue weighted by Crippen LogP contribution is 2.37. The van der Waals surface area contributed by atoms with Crippen LogP contribution in [0.3, 0.4) is 0 Å². The SMILES string of the molecule is COC(=O)C(=O)c1c(C)n(C(c2ccccc2)c2ccccc2)c2ccc(Cl)cc12. The topological polar surface area (TPSA) is 48.3 Å². The molecule has 0 aliphatic carbocycles. The van der Waals surface area contributed by atoms with Crippen molar-refractivity contribution in [3.05, 3.63) is 106 Å². The van der Waals surface area contributed by atoms with E-state index in [0.29, 0.717) is 21.7 Å². The zero-order chi connectivity index (χ0) is 21.3. The summed E-state index contributed by atoms with van der Waals surface area (Å²) in [4.78, 5) is 25.0. The van der Waals surface area contributed by atoms with Gasteiger partial charge in [-0.2, -0.15) is 0 Å². The van der Waals surface area contributed by atoms with E-state index in [1.54, 1.807) is 12.1 Å². The van der Waals surface area contributed by atoms with Crippen LogP contribution in [0.15, 0.2) is 78.9 Å². The number of carbonyl (C=O) groups excluding carboxylic acids is 2. The number of ether oxygens (including phenoxy) is 1. The number of hydrogen-bond donors (Lipinski definition) is 0. The molecule has 0 radical (unpaired) electrons. The first-order chi connectivity index (χ1) is 14.5. The number of rotatable bonds is 5. The molecule has 0 bridgehead atoms. The normalized spacial score (nSPS) is 11.1. The Morgan fingerprint density at radius 3 is 2.00 bits per heavy atom. The second-order valence-corrected chi connectivity index (χ2v) is 7.47. The third-order valence-corrected chi connectivity index (χ3v) is 5.53. The highest BCUT2D eigenvalue weighted by atomic mass is 35.5. The highest BCUT2D eigenvalue weighted by molar-refractivity contribution is 6.43. The number of esters is 1. The summed E-state index contributed by atoms with van der Waals surface area (Å²) in [6.45, 7) is 1.85. The smallest absolute Gasteiger partial charge is 0.379 e. The lowest BCUT2D eigenvalue weighted by molar-refractivity contribution is -0.135. The molecule has 1 aromatic heterocycles. The third kappa shape index (κ3) is 3.40. The Hall–Kier alpha value is -3.37. The molecule has 5 heteroatoms. The number of ketones is 1. The molecule has 4 nitrogen and oxygen atoms in total. The van der Waals surface area contributed by atoms with Gasteiger partial charge in [0.15, 0.2) is 0 Å². The maximum Gasteiger partial charge on any atom is 0.379 e. The first kappa shape index (κ1) is 19.9. The Kier molecular flexibility index (Phi) is 5.42. The maximum atomic E-state index is 12.9. The van der Waals surface area contributed by atoms with Crippen LogP contribution in [0.4, 0.5) is 0 Å². The monoisotopic (exact) mass is 417 g/mol. The summed E-state index contributed by atoms with van der Waals surface area (Å²) < 4.78 is 6.80. The van der Waals surface area contributed by atoms with Crippen molar-refractivity contribution in [2.75, 3.05) is 7.11 Å². The Bertz CT molecular complexity index is 1190. The molecule has 150 valence electrons. The van der Waals surface area contributed by atoms with E-state index >= 15 is 0 Å². The molecule has 0 unspecified atom stereocenters. The van der Waals surface area contributed by atoms with Crippen molar-refractivity contribution in [1.82, 2.24) is 4.57 Å². The number of aromatic nitrogens is 1. The van der Waals surface area contributed by atoms with E-state index in [2.05, 4.69) is 28.8 Å². The summed E-state index contributed by atoms with van der Waals surface area (Å²) in [5, 5.41) is 1.13. The number of hydrogen-bond acceptors (Lipinski definition) is 3. The fraction of sp³-hybridized carbons (Fsp3) is 0.120. The lowest BCUT2D eigenvalue weighted by Crippen LogP contribution is -2.18. The summed E-state index contributed by atoms with van der Waals surface area (Å²) in [6, 6.07) is 25.3. The summed E-state index contributed by atoms with van der Waals surface area (Å²) in [5.41, 5.74) is 3.95. The van der Waals surface area contributed by atoms with Crippen LogP contribution < -0.4 is 0 Å². The molecule has 0 amide bonds. The Morgan fingerprint density at radius 2 is 1.47 bits per heavy atom. The predicted molar refractivity (Wildman–Crippen MR) is 118 cm³/mol. The fourth-order valence-corrected chi connectivity index (χ4v) is 4.16. The van der Waals surface area contributed by atoms with Crippen molar-refractivity contribution in [3.8, 4) is 0 Å². The van der Waals surface area contributed by atoms with E-state index in [4.69, 9.17) is 16.3 Å². The molecule has 3 aromatic carbocycles. The number of fused-ring (bicyclic) bond motifs is 1. The average molecular weight is 418 g/mol. The molecule has 0 atom stereocenters. The number of methoxy groups -OCH3 is 1. The Labute approximate surface area is 179 Å². The molecule has 30 heavy (non-hydrogen) atoms. The molecule has 1 heterocycles. The summed E-state index contributed by atoms with van der Waals surface area (Å²) in [7, 11) is 1.21. The first-order valence-electron chi connectivity index (χ1n) is 9.55. The number of benzene rings is 3. The molecule has 0 spiro atoms. The second kappa shape index (κ2) is 8.17. The average Bonchev–Trinajstić information content (AvgIpc) is 3.05. The van der Waals surface area contributed by atoms with Gasteiger partial charge in [0.2, 0.25) is 0 Å². The fourth-order valence-electron chi connectivity index (χ4n) is 3.99. The third-order valence-electron chi connectivity index (χ3n) is 5.30. The molecular weight excluding hydrogens is 398 g/mol. The van der Waals surface area contributed by atoms with E-state index in [-0.39, 0.29) is 6.04 Å². The van der Waals surface area contributed by atoms with Crippen LogP contribution >= 0.6 is 11.6 Å². The number of halogens is 1. The number of Topliss-reactive ketones (excluding diaryl/α,β-unsaturated/α-hetero) is 1. The lowest BCUT2D eigenvalue weighted by atomic mass is 9.98. The molecule has 0 saturated heterocycles. The molecule has 4 aromatic rings. The summed E-state index contributed by atoms with van der Waals surface area (Å²) in [6.07, 6.45) is 0. The van der Waals surface area contributed by atoms with Crippen LogP contribution in [0.1, 0.15) is 33.2 Å². The Balaban J connectivity index is 2.07. The summed E-state index contributed by atoms with van der Waals surface area (Å²) >= 11 is 6.25. The standard InChI is InChI=1S/C25H20ClNO3/c1-16-22(24(28)25(29)30-2)20-15-19(26)13-14-21(20)27(16)23(17-9-5-3-6-10-17)18-11-7-4-8-12-18/h3-15,23H,1-2H3. The maximum absolute atomic E-state index is 12.9. The van der Waals surface area contributed by atoms with Crippen molar-refractivity contribution in [1.29, 1.82) is 0 Å². The van der Waals surface area contributed by atoms with Gasteiger partial charge in [-0.25, -0.2) is 4.79 Å². The van der Waals surface area contributed by atoms with Crippen molar-refractivity contribution < 1.29 is 14.3 Å². The van der Waals surface area contributed by atoms with Gasteiger partial charge in [-0.15, -0.1) is 0 Å². The van der Waals surface area contributed by atoms with Crippen molar-refractivity contribution in [2.45, 2.75) is 13.0 Å². The second-order valence-electron chi connectivity index (χ2n) is 7.04. The zero-order valence-electron chi connectivity index (χ0n) is 16.6. The highest BCUT2D eigenvalue weighted by Gasteiger charge is 2.29.